The molecule has 16 heavy (non-hydrogen) atoms. The van der Waals surface area contributed by atoms with Crippen LogP contribution in [0.4, 0.5) is 17.1 Å². The number of aryl methyl sites for hydroxylation is 1. The Morgan fingerprint density at radius 1 is 1.50 bits per heavy atom. The van der Waals surface area contributed by atoms with E-state index in [4.69, 9.17) is 5.73 Å². The Morgan fingerprint density at radius 3 is 3.06 bits per heavy atom. The molecule has 2 rings (SSSR count). The van der Waals surface area contributed by atoms with Crippen molar-refractivity contribution in [2.45, 2.75) is 12.8 Å². The number of nitrogens with two attached hydrogens (primary N) is 1. The Balaban J connectivity index is 2.30. The Morgan fingerprint density at radius 2 is 2.31 bits per heavy atom. The van der Waals surface area contributed by atoms with Crippen LogP contribution in [0, 0.1) is 0 Å². The van der Waals surface area contributed by atoms with E-state index in [0.29, 0.717) is 18.7 Å². The standard InChI is InChI=1S/C12H15N3O/c1-2-5-14-11-6-8-3-4-12(16)15-10(8)7-9(11)13/h2,6-7,14H,1,3-5,13H2,(H,15,16). The highest BCUT2D eigenvalue weighted by Crippen LogP contribution is 2.30. The van der Waals surface area contributed by atoms with Crippen molar-refractivity contribution in [3.05, 3.63) is 30.4 Å². The van der Waals surface area contributed by atoms with Crippen LogP contribution in [0.25, 0.3) is 0 Å². The van der Waals surface area contributed by atoms with Gasteiger partial charge in [-0.25, -0.2) is 0 Å². The van der Waals surface area contributed by atoms with E-state index in [1.165, 1.54) is 0 Å². The van der Waals surface area contributed by atoms with Crippen molar-refractivity contribution in [3.8, 4) is 0 Å². The van der Waals surface area contributed by atoms with Gasteiger partial charge in [0.25, 0.3) is 0 Å². The number of fused-ring (bicyclic) bond motifs is 1. The quantitative estimate of drug-likeness (QED) is 0.533. The first-order chi connectivity index (χ1) is 7.70. The van der Waals surface area contributed by atoms with E-state index < -0.39 is 0 Å². The molecular formula is C12H15N3O. The Kier molecular flexibility index (Phi) is 2.81. The Hall–Kier alpha value is -1.97. The second kappa shape index (κ2) is 4.26. The van der Waals surface area contributed by atoms with Crippen molar-refractivity contribution in [1.82, 2.24) is 0 Å². The third-order valence-electron chi connectivity index (χ3n) is 2.61. The van der Waals surface area contributed by atoms with Crippen LogP contribution in [0.15, 0.2) is 24.8 Å². The number of hydrogen-bond acceptors (Lipinski definition) is 3. The van der Waals surface area contributed by atoms with Gasteiger partial charge in [-0.2, -0.15) is 0 Å². The first-order valence-corrected chi connectivity index (χ1v) is 5.27. The summed E-state index contributed by atoms with van der Waals surface area (Å²) >= 11 is 0. The van der Waals surface area contributed by atoms with Crippen molar-refractivity contribution in [3.63, 3.8) is 0 Å². The van der Waals surface area contributed by atoms with Gasteiger partial charge in [-0.1, -0.05) is 6.08 Å². The summed E-state index contributed by atoms with van der Waals surface area (Å²) in [6.07, 6.45) is 3.09. The highest BCUT2D eigenvalue weighted by Gasteiger charge is 2.16. The van der Waals surface area contributed by atoms with E-state index in [0.717, 1.165) is 23.4 Å². The smallest absolute Gasteiger partial charge is 0.224 e. The predicted molar refractivity (Wildman–Crippen MR) is 66.5 cm³/mol. The highest BCUT2D eigenvalue weighted by atomic mass is 16.1. The van der Waals surface area contributed by atoms with E-state index >= 15 is 0 Å². The summed E-state index contributed by atoms with van der Waals surface area (Å²) in [7, 11) is 0. The van der Waals surface area contributed by atoms with Crippen molar-refractivity contribution in [2.75, 3.05) is 22.9 Å². The summed E-state index contributed by atoms with van der Waals surface area (Å²) in [6, 6.07) is 3.80. The molecule has 0 atom stereocenters. The Labute approximate surface area is 94.5 Å². The maximum atomic E-state index is 11.2. The zero-order valence-electron chi connectivity index (χ0n) is 9.05. The molecule has 0 aliphatic carbocycles. The molecule has 1 aromatic carbocycles. The molecule has 4 N–H and O–H groups in total. The second-order valence-corrected chi connectivity index (χ2v) is 3.81. The molecule has 1 heterocycles. The summed E-state index contributed by atoms with van der Waals surface area (Å²) in [4.78, 5) is 11.2. The van der Waals surface area contributed by atoms with E-state index in [2.05, 4.69) is 17.2 Å². The first-order valence-electron chi connectivity index (χ1n) is 5.27. The van der Waals surface area contributed by atoms with E-state index in [1.807, 2.05) is 6.07 Å². The molecule has 0 unspecified atom stereocenters. The molecule has 1 aliphatic rings. The van der Waals surface area contributed by atoms with Gasteiger partial charge in [-0.05, 0) is 24.1 Å². The minimum atomic E-state index is 0.0544. The molecule has 0 fully saturated rings. The number of carbonyl (C=O) groups excluding carboxylic acids is 1. The van der Waals surface area contributed by atoms with Gasteiger partial charge >= 0.3 is 0 Å². The molecule has 1 aromatic rings. The lowest BCUT2D eigenvalue weighted by Gasteiger charge is -2.19. The highest BCUT2D eigenvalue weighted by molar-refractivity contribution is 5.95. The lowest BCUT2D eigenvalue weighted by Crippen LogP contribution is -2.19. The summed E-state index contributed by atoms with van der Waals surface area (Å²) < 4.78 is 0. The van der Waals surface area contributed by atoms with Crippen LogP contribution in [-0.4, -0.2) is 12.5 Å². The molecule has 0 bridgehead atoms. The Bertz CT molecular complexity index is 440. The van der Waals surface area contributed by atoms with Crippen molar-refractivity contribution >= 4 is 23.0 Å². The van der Waals surface area contributed by atoms with Crippen LogP contribution < -0.4 is 16.4 Å². The van der Waals surface area contributed by atoms with Crippen molar-refractivity contribution in [1.29, 1.82) is 0 Å². The molecule has 0 aromatic heterocycles. The van der Waals surface area contributed by atoms with Crippen LogP contribution in [0.2, 0.25) is 0 Å². The third kappa shape index (κ3) is 2.00. The number of rotatable bonds is 3. The number of anilines is 3. The average molecular weight is 217 g/mol. The maximum absolute atomic E-state index is 11.2. The monoisotopic (exact) mass is 217 g/mol. The van der Waals surface area contributed by atoms with Crippen LogP contribution in [0.5, 0.6) is 0 Å². The molecule has 1 aliphatic heterocycles. The normalized spacial score (nSPS) is 13.9. The van der Waals surface area contributed by atoms with Gasteiger partial charge in [0.2, 0.25) is 5.91 Å². The summed E-state index contributed by atoms with van der Waals surface area (Å²) in [5, 5.41) is 5.99. The van der Waals surface area contributed by atoms with E-state index in [9.17, 15) is 4.79 Å². The molecule has 0 radical (unpaired) electrons. The second-order valence-electron chi connectivity index (χ2n) is 3.81. The van der Waals surface area contributed by atoms with E-state index in [-0.39, 0.29) is 5.91 Å². The number of hydrogen-bond donors (Lipinski definition) is 3. The number of amides is 1. The van der Waals surface area contributed by atoms with Gasteiger partial charge in [0.1, 0.15) is 0 Å². The van der Waals surface area contributed by atoms with Crippen LogP contribution in [0.3, 0.4) is 0 Å². The average Bonchev–Trinajstić information content (AvgIpc) is 2.26. The topological polar surface area (TPSA) is 67.2 Å². The van der Waals surface area contributed by atoms with Gasteiger partial charge in [0.15, 0.2) is 0 Å². The maximum Gasteiger partial charge on any atom is 0.224 e. The number of carbonyl (C=O) groups is 1. The molecule has 1 amide bonds. The fourth-order valence-corrected chi connectivity index (χ4v) is 1.78. The number of benzene rings is 1. The SMILES string of the molecule is C=CCNc1cc2c(cc1N)NC(=O)CC2. The zero-order chi connectivity index (χ0) is 11.5. The van der Waals surface area contributed by atoms with E-state index in [1.54, 1.807) is 12.1 Å². The summed E-state index contributed by atoms with van der Waals surface area (Å²) in [6.45, 7) is 4.32. The van der Waals surface area contributed by atoms with Gasteiger partial charge in [-0.3, -0.25) is 4.79 Å². The molecule has 0 saturated carbocycles. The van der Waals surface area contributed by atoms with Gasteiger partial charge < -0.3 is 16.4 Å². The number of nitrogens with one attached hydrogen (secondary N) is 2. The molecule has 4 nitrogen and oxygen atoms in total. The lowest BCUT2D eigenvalue weighted by atomic mass is 10.0. The van der Waals surface area contributed by atoms with Crippen molar-refractivity contribution in [2.24, 2.45) is 0 Å². The fourth-order valence-electron chi connectivity index (χ4n) is 1.78. The van der Waals surface area contributed by atoms with Crippen molar-refractivity contribution < 1.29 is 4.79 Å². The van der Waals surface area contributed by atoms with Gasteiger partial charge in [0.05, 0.1) is 11.4 Å². The zero-order valence-corrected chi connectivity index (χ0v) is 9.05. The summed E-state index contributed by atoms with van der Waals surface area (Å²) in [5.41, 5.74) is 9.38. The molecule has 0 saturated heterocycles. The molecule has 84 valence electrons. The number of nitrogen functional groups attached to an aromatic ring is 1. The predicted octanol–water partition coefficient (Wildman–Crippen LogP) is 1.75. The molecular weight excluding hydrogens is 202 g/mol. The van der Waals surface area contributed by atoms with Gasteiger partial charge in [0, 0.05) is 18.7 Å². The molecule has 4 heteroatoms. The van der Waals surface area contributed by atoms with Crippen LogP contribution in [-0.2, 0) is 11.2 Å². The largest absolute Gasteiger partial charge is 0.397 e. The first kappa shape index (κ1) is 10.5. The fraction of sp³-hybridized carbons (Fsp3) is 0.250. The lowest BCUT2D eigenvalue weighted by molar-refractivity contribution is -0.116. The third-order valence-corrected chi connectivity index (χ3v) is 2.61. The van der Waals surface area contributed by atoms with Crippen LogP contribution >= 0.6 is 0 Å². The van der Waals surface area contributed by atoms with Crippen LogP contribution in [0.1, 0.15) is 12.0 Å². The minimum Gasteiger partial charge on any atom is -0.397 e. The molecule has 0 spiro atoms. The minimum absolute atomic E-state index is 0.0544. The summed E-state index contributed by atoms with van der Waals surface area (Å²) in [5.74, 6) is 0.0544. The van der Waals surface area contributed by atoms with Gasteiger partial charge in [-0.15, -0.1) is 6.58 Å².